The van der Waals surface area contributed by atoms with Crippen molar-refractivity contribution >= 4 is 0 Å². The lowest BCUT2D eigenvalue weighted by Crippen LogP contribution is -2.70. The van der Waals surface area contributed by atoms with E-state index in [1.807, 2.05) is 35.6 Å². The second kappa shape index (κ2) is 16.5. The molecule has 334 valence electrons. The van der Waals surface area contributed by atoms with E-state index < -0.39 is 47.9 Å². The van der Waals surface area contributed by atoms with E-state index in [2.05, 4.69) is 48.3 Å². The van der Waals surface area contributed by atoms with E-state index in [4.69, 9.17) is 48.0 Å². The van der Waals surface area contributed by atoms with Crippen LogP contribution in [0.3, 0.4) is 0 Å². The predicted octanol–water partition coefficient (Wildman–Crippen LogP) is 7.36. The van der Waals surface area contributed by atoms with Crippen LogP contribution in [0.5, 0.6) is 0 Å². The summed E-state index contributed by atoms with van der Waals surface area (Å²) < 4.78 is 42.7. The van der Waals surface area contributed by atoms with Gasteiger partial charge in [-0.3, -0.25) is 9.36 Å². The van der Waals surface area contributed by atoms with Gasteiger partial charge in [0.05, 0.1) is 25.6 Å². The van der Waals surface area contributed by atoms with Gasteiger partial charge in [-0.2, -0.15) is 0 Å². The van der Waals surface area contributed by atoms with Gasteiger partial charge in [0.25, 0.3) is 0 Å². The van der Waals surface area contributed by atoms with E-state index in [1.165, 1.54) is 25.7 Å². The van der Waals surface area contributed by atoms with Crippen LogP contribution in [-0.2, 0) is 74.3 Å². The van der Waals surface area contributed by atoms with Gasteiger partial charge in [-0.1, -0.05) is 63.8 Å². The number of aromatic nitrogens is 6. The fourth-order valence-corrected chi connectivity index (χ4v) is 12.7. The Labute approximate surface area is 354 Å². The minimum atomic E-state index is -0.796. The lowest BCUT2D eigenvalue weighted by atomic mass is 9.58. The molecule has 0 amide bonds. The van der Waals surface area contributed by atoms with Crippen LogP contribution in [0.15, 0.2) is 12.4 Å². The summed E-state index contributed by atoms with van der Waals surface area (Å²) >= 11 is 0. The smallest absolute Gasteiger partial charge is 0.201 e. The van der Waals surface area contributed by atoms with E-state index >= 15 is 0 Å². The Hall–Kier alpha value is -2.12. The Morgan fingerprint density at radius 2 is 1.00 bits per heavy atom. The number of ether oxygens (including phenoxy) is 6. The zero-order valence-corrected chi connectivity index (χ0v) is 36.6. The molecule has 0 radical (unpaired) electrons. The van der Waals surface area contributed by atoms with Crippen molar-refractivity contribution < 1.29 is 48.0 Å². The molecule has 8 saturated heterocycles. The summed E-state index contributed by atoms with van der Waals surface area (Å²) in [6, 6.07) is 0. The van der Waals surface area contributed by atoms with Crippen molar-refractivity contribution in [3.63, 3.8) is 0 Å². The second-order valence-electron chi connectivity index (χ2n) is 20.2. The summed E-state index contributed by atoms with van der Waals surface area (Å²) in [5.41, 5.74) is 0.444. The highest BCUT2D eigenvalue weighted by Gasteiger charge is 2.71. The van der Waals surface area contributed by atoms with Crippen LogP contribution in [0.4, 0.5) is 0 Å². The molecule has 2 spiro atoms. The maximum absolute atomic E-state index is 6.57. The van der Waals surface area contributed by atoms with Crippen molar-refractivity contribution in [3.8, 4) is 0 Å². The third-order valence-corrected chi connectivity index (χ3v) is 16.2. The number of rotatable bonds is 15. The van der Waals surface area contributed by atoms with E-state index in [1.54, 1.807) is 0 Å². The van der Waals surface area contributed by atoms with Gasteiger partial charge in [-0.25, -0.2) is 19.6 Å². The molecule has 8 aliphatic heterocycles. The first-order valence-corrected chi connectivity index (χ1v) is 23.4. The van der Waals surface area contributed by atoms with Crippen molar-refractivity contribution in [3.05, 3.63) is 23.8 Å². The van der Waals surface area contributed by atoms with Crippen LogP contribution < -0.4 is 0 Å². The zero-order chi connectivity index (χ0) is 41.3. The molecule has 16 nitrogen and oxygen atoms in total. The average molecular weight is 841 g/mol. The Morgan fingerprint density at radius 3 is 1.45 bits per heavy atom. The number of unbranched alkanes of at least 4 members (excludes halogenated alkanes) is 5. The molecule has 16 heteroatoms. The van der Waals surface area contributed by atoms with Crippen molar-refractivity contribution in [2.24, 2.45) is 47.3 Å². The zero-order valence-electron chi connectivity index (χ0n) is 36.6. The monoisotopic (exact) mass is 840 g/mol. The fourth-order valence-electron chi connectivity index (χ4n) is 12.7. The van der Waals surface area contributed by atoms with E-state index in [0.717, 1.165) is 88.7 Å². The first kappa shape index (κ1) is 41.9. The van der Waals surface area contributed by atoms with Crippen molar-refractivity contribution in [1.82, 2.24) is 30.0 Å². The molecule has 4 bridgehead atoms. The number of aryl methyl sites for hydroxylation is 2. The lowest BCUT2D eigenvalue weighted by molar-refractivity contribution is -0.577. The number of fused-ring (bicyclic) bond motifs is 4. The van der Waals surface area contributed by atoms with Gasteiger partial charge in [-0.15, -0.1) is 10.2 Å². The van der Waals surface area contributed by atoms with E-state index in [-0.39, 0.29) is 23.7 Å². The molecule has 12 rings (SSSR count). The fraction of sp³-hybridized carbons (Fsp3) is 0.909. The molecule has 60 heavy (non-hydrogen) atoms. The molecule has 2 aromatic rings. The minimum Gasteiger partial charge on any atom is -0.346 e. The molecule has 0 N–H and O–H groups in total. The highest BCUT2D eigenvalue weighted by Crippen LogP contribution is 2.62. The summed E-state index contributed by atoms with van der Waals surface area (Å²) in [6.45, 7) is 15.3. The van der Waals surface area contributed by atoms with Gasteiger partial charge < -0.3 is 28.4 Å². The normalized spacial score (nSPS) is 45.5. The maximum atomic E-state index is 6.57. The summed E-state index contributed by atoms with van der Waals surface area (Å²) in [4.78, 5) is 24.4. The maximum Gasteiger partial charge on any atom is 0.201 e. The van der Waals surface area contributed by atoms with Gasteiger partial charge in [0.15, 0.2) is 36.4 Å². The molecule has 10 fully saturated rings. The third-order valence-electron chi connectivity index (χ3n) is 16.2. The van der Waals surface area contributed by atoms with Crippen LogP contribution in [0, 0.1) is 47.3 Å². The molecule has 2 saturated carbocycles. The molecular weight excluding hydrogens is 773 g/mol. The largest absolute Gasteiger partial charge is 0.346 e. The quantitative estimate of drug-likeness (QED) is 0.130. The third kappa shape index (κ3) is 7.39. The number of hydrogen-bond donors (Lipinski definition) is 0. The molecule has 0 aromatic carbocycles. The van der Waals surface area contributed by atoms with E-state index in [9.17, 15) is 0 Å². The Morgan fingerprint density at radius 1 is 0.567 bits per heavy atom. The van der Waals surface area contributed by atoms with Crippen molar-refractivity contribution in [2.75, 3.05) is 0 Å². The summed E-state index contributed by atoms with van der Waals surface area (Å²) in [6.07, 6.45) is 16.9. The Balaban J connectivity index is 0.619. The summed E-state index contributed by atoms with van der Waals surface area (Å²) in [7, 11) is 0. The minimum absolute atomic E-state index is 0.126. The van der Waals surface area contributed by atoms with Crippen LogP contribution in [-0.4, -0.2) is 77.9 Å². The average Bonchev–Trinajstić information content (AvgIpc) is 3.75. The summed E-state index contributed by atoms with van der Waals surface area (Å²) in [5.74, 6) is 0.856. The SMILES string of the molecule is C[C@H]1[C@H](OCc2cn(CCCCCCCCn3cc(CO[C@@H]4O[C@@H]5O[C@@]6(C)CC[C@H]7[C@H](C)CC[C@@H]([C@H]4C)[C@@]57OO6)nn3)nn2)O[C@@H]2O[C@@]3(C)CC[C@H]4[C@H](C)CC[C@@H]1[C@@]24OO3. The Kier molecular flexibility index (Phi) is 11.5. The van der Waals surface area contributed by atoms with Gasteiger partial charge in [0.1, 0.15) is 11.4 Å². The van der Waals surface area contributed by atoms with Crippen molar-refractivity contribution in [2.45, 2.75) is 206 Å². The highest BCUT2D eigenvalue weighted by molar-refractivity contribution is 5.11. The van der Waals surface area contributed by atoms with Crippen LogP contribution in [0.25, 0.3) is 0 Å². The highest BCUT2D eigenvalue weighted by atomic mass is 17.3. The van der Waals surface area contributed by atoms with E-state index in [0.29, 0.717) is 36.9 Å². The first-order valence-electron chi connectivity index (χ1n) is 23.4. The van der Waals surface area contributed by atoms with Crippen molar-refractivity contribution in [1.29, 1.82) is 0 Å². The standard InChI is InChI=1S/C44H68N6O10/c1-27-13-15-35-29(3)37(53-39-43(35)33(27)17-19-41(5,55-39)57-59-43)51-25-31-23-49(47-45-31)21-11-9-7-8-10-12-22-50-24-32(46-48-50)26-52-38-30(4)36-16-14-28(2)34-18-20-42(6)56-40(54-38)44(34,36)60-58-42/h23-24,27-30,33-40H,7-22,25-26H2,1-6H3/t27-,28-,29-,30-,33+,34+,35+,36+,37-,38-,39-,40-,41-,42-,43-,44-/m1/s1. The Bertz CT molecular complexity index is 1670. The second-order valence-corrected chi connectivity index (χ2v) is 20.2. The molecule has 10 heterocycles. The van der Waals surface area contributed by atoms with Crippen LogP contribution in [0.1, 0.15) is 143 Å². The molecule has 2 aromatic heterocycles. The molecule has 2 aliphatic carbocycles. The van der Waals surface area contributed by atoms with Crippen LogP contribution >= 0.6 is 0 Å². The molecular formula is C44H68N6O10. The van der Waals surface area contributed by atoms with Gasteiger partial charge in [0, 0.05) is 49.6 Å². The first-order chi connectivity index (χ1) is 29.0. The summed E-state index contributed by atoms with van der Waals surface area (Å²) in [5, 5.41) is 17.6. The predicted molar refractivity (Wildman–Crippen MR) is 211 cm³/mol. The molecule has 10 aliphatic rings. The van der Waals surface area contributed by atoms with Gasteiger partial charge in [-0.05, 0) is 88.9 Å². The van der Waals surface area contributed by atoms with Gasteiger partial charge >= 0.3 is 0 Å². The molecule has 0 unspecified atom stereocenters. The molecule has 16 atom stereocenters. The lowest BCUT2D eigenvalue weighted by Gasteiger charge is -2.60. The number of nitrogens with zero attached hydrogens (tertiary/aromatic N) is 6. The number of hydrogen-bond acceptors (Lipinski definition) is 14. The topological polar surface area (TPSA) is 154 Å². The van der Waals surface area contributed by atoms with Gasteiger partial charge in [0.2, 0.25) is 11.6 Å². The van der Waals surface area contributed by atoms with Crippen LogP contribution in [0.2, 0.25) is 0 Å².